The van der Waals surface area contributed by atoms with Gasteiger partial charge in [-0.25, -0.2) is 4.89 Å². The van der Waals surface area contributed by atoms with Crippen molar-refractivity contribution in [2.45, 2.75) is 32.3 Å². The van der Waals surface area contributed by atoms with Crippen molar-refractivity contribution in [2.75, 3.05) is 0 Å². The van der Waals surface area contributed by atoms with E-state index in [1.807, 2.05) is 38.1 Å². The van der Waals surface area contributed by atoms with Crippen molar-refractivity contribution in [1.29, 1.82) is 0 Å². The predicted molar refractivity (Wildman–Crippen MR) is 59.5 cm³/mol. The minimum absolute atomic E-state index is 0.688. The van der Waals surface area contributed by atoms with Crippen LogP contribution in [0.15, 0.2) is 29.3 Å². The first-order valence-corrected chi connectivity index (χ1v) is 5.28. The Hall–Kier alpha value is -1.19. The number of benzene rings is 1. The van der Waals surface area contributed by atoms with Crippen LogP contribution in [0.1, 0.15) is 32.3 Å². The van der Waals surface area contributed by atoms with E-state index in [9.17, 15) is 5.26 Å². The van der Waals surface area contributed by atoms with E-state index in [2.05, 4.69) is 4.99 Å². The van der Waals surface area contributed by atoms with Gasteiger partial charge >= 0.3 is 0 Å². The number of aliphatic imine (C=N–C) groups is 1. The third kappa shape index (κ3) is 1.31. The number of para-hydroxylation sites is 1. The number of nitrogens with zero attached hydrogens (tertiary/aromatic N) is 1. The highest BCUT2D eigenvalue weighted by Gasteiger charge is 2.42. The maximum atomic E-state index is 9.18. The second-order valence-corrected chi connectivity index (χ2v) is 3.70. The van der Waals surface area contributed by atoms with Gasteiger partial charge in [0.05, 0.1) is 11.4 Å². The van der Waals surface area contributed by atoms with E-state index >= 15 is 0 Å². The van der Waals surface area contributed by atoms with Gasteiger partial charge in [0.1, 0.15) is 0 Å². The molecule has 1 atom stereocenters. The lowest BCUT2D eigenvalue weighted by Gasteiger charge is -2.26. The summed E-state index contributed by atoms with van der Waals surface area (Å²) < 4.78 is 0. The Balaban J connectivity index is 2.58. The number of hydrogen-bond donors (Lipinski definition) is 1. The summed E-state index contributed by atoms with van der Waals surface area (Å²) in [6.45, 7) is 4.01. The van der Waals surface area contributed by atoms with E-state index in [4.69, 9.17) is 4.89 Å². The van der Waals surface area contributed by atoms with Crippen molar-refractivity contribution < 1.29 is 10.1 Å². The lowest BCUT2D eigenvalue weighted by molar-refractivity contribution is -0.305. The van der Waals surface area contributed by atoms with Crippen molar-refractivity contribution in [3.63, 3.8) is 0 Å². The molecule has 0 saturated heterocycles. The zero-order valence-electron chi connectivity index (χ0n) is 9.03. The Bertz CT molecular complexity index is 394. The largest absolute Gasteiger partial charge is 0.254 e. The second-order valence-electron chi connectivity index (χ2n) is 3.70. The average molecular weight is 205 g/mol. The Morgan fingerprint density at radius 3 is 2.67 bits per heavy atom. The Morgan fingerprint density at radius 1 is 1.33 bits per heavy atom. The molecule has 0 fully saturated rings. The molecule has 0 aromatic heterocycles. The molecular formula is C12H15NO2. The van der Waals surface area contributed by atoms with Gasteiger partial charge in [0, 0.05) is 5.56 Å². The first-order valence-electron chi connectivity index (χ1n) is 5.28. The van der Waals surface area contributed by atoms with Gasteiger partial charge in [-0.2, -0.15) is 0 Å². The van der Waals surface area contributed by atoms with Crippen LogP contribution in [0.25, 0.3) is 0 Å². The second kappa shape index (κ2) is 3.76. The zero-order valence-corrected chi connectivity index (χ0v) is 9.03. The van der Waals surface area contributed by atoms with Gasteiger partial charge in [0.15, 0.2) is 5.60 Å². The summed E-state index contributed by atoms with van der Waals surface area (Å²) in [7, 11) is 0. The van der Waals surface area contributed by atoms with Crippen LogP contribution in [0.4, 0.5) is 5.69 Å². The summed E-state index contributed by atoms with van der Waals surface area (Å²) in [5.41, 5.74) is 2.05. The third-order valence-electron chi connectivity index (χ3n) is 3.05. The van der Waals surface area contributed by atoms with E-state index in [0.717, 1.165) is 23.4 Å². The maximum Gasteiger partial charge on any atom is 0.168 e. The first kappa shape index (κ1) is 10.3. The van der Waals surface area contributed by atoms with Crippen LogP contribution >= 0.6 is 0 Å². The summed E-state index contributed by atoms with van der Waals surface area (Å²) in [4.78, 5) is 9.24. The summed E-state index contributed by atoms with van der Waals surface area (Å²) in [5, 5.41) is 9.18. The molecule has 1 N–H and O–H groups in total. The van der Waals surface area contributed by atoms with Crippen LogP contribution in [0.5, 0.6) is 0 Å². The monoisotopic (exact) mass is 205 g/mol. The molecule has 15 heavy (non-hydrogen) atoms. The van der Waals surface area contributed by atoms with E-state index < -0.39 is 5.60 Å². The molecule has 0 amide bonds. The van der Waals surface area contributed by atoms with Crippen LogP contribution < -0.4 is 0 Å². The summed E-state index contributed by atoms with van der Waals surface area (Å²) in [6, 6.07) is 7.79. The van der Waals surface area contributed by atoms with Gasteiger partial charge in [-0.1, -0.05) is 32.0 Å². The van der Waals surface area contributed by atoms with Gasteiger partial charge in [-0.15, -0.1) is 0 Å². The molecule has 1 aromatic rings. The molecule has 3 nitrogen and oxygen atoms in total. The number of hydrogen-bond acceptors (Lipinski definition) is 3. The standard InChI is InChI=1S/C12H15NO2/c1-3-11-12(4-2,15-14)9-7-5-6-8-10(9)13-11/h5-8,14H,3-4H2,1-2H3. The fraction of sp³-hybridized carbons (Fsp3) is 0.417. The van der Waals surface area contributed by atoms with E-state index in [1.54, 1.807) is 0 Å². The molecule has 0 spiro atoms. The zero-order chi connectivity index (χ0) is 10.9. The molecule has 0 saturated carbocycles. The molecule has 1 aliphatic rings. The van der Waals surface area contributed by atoms with Crippen molar-refractivity contribution in [1.82, 2.24) is 0 Å². The molecule has 3 heteroatoms. The topological polar surface area (TPSA) is 41.8 Å². The number of rotatable bonds is 3. The lowest BCUT2D eigenvalue weighted by Crippen LogP contribution is -2.34. The molecule has 1 aromatic carbocycles. The molecule has 2 rings (SSSR count). The van der Waals surface area contributed by atoms with Crippen LogP contribution in [-0.4, -0.2) is 11.0 Å². The summed E-state index contributed by atoms with van der Waals surface area (Å²) in [5.74, 6) is 0. The predicted octanol–water partition coefficient (Wildman–Crippen LogP) is 3.28. The van der Waals surface area contributed by atoms with Crippen molar-refractivity contribution >= 4 is 11.4 Å². The van der Waals surface area contributed by atoms with Crippen LogP contribution in [0.3, 0.4) is 0 Å². The smallest absolute Gasteiger partial charge is 0.168 e. The fourth-order valence-corrected chi connectivity index (χ4v) is 2.23. The lowest BCUT2D eigenvalue weighted by atomic mass is 9.87. The highest BCUT2D eigenvalue weighted by atomic mass is 17.1. The highest BCUT2D eigenvalue weighted by molar-refractivity contribution is 6.00. The van der Waals surface area contributed by atoms with E-state index in [-0.39, 0.29) is 0 Å². The quantitative estimate of drug-likeness (QED) is 0.607. The van der Waals surface area contributed by atoms with E-state index in [0.29, 0.717) is 6.42 Å². The Kier molecular flexibility index (Phi) is 2.59. The van der Waals surface area contributed by atoms with Gasteiger partial charge in [0.25, 0.3) is 0 Å². The fourth-order valence-electron chi connectivity index (χ4n) is 2.23. The molecule has 1 heterocycles. The highest BCUT2D eigenvalue weighted by Crippen LogP contribution is 2.43. The average Bonchev–Trinajstić information content (AvgIpc) is 2.63. The Labute approximate surface area is 89.3 Å². The summed E-state index contributed by atoms with van der Waals surface area (Å²) >= 11 is 0. The first-order chi connectivity index (χ1) is 7.28. The van der Waals surface area contributed by atoms with Gasteiger partial charge in [-0.3, -0.25) is 10.2 Å². The van der Waals surface area contributed by atoms with Crippen molar-refractivity contribution in [3.05, 3.63) is 29.8 Å². The molecular weight excluding hydrogens is 190 g/mol. The number of fused-ring (bicyclic) bond motifs is 1. The normalized spacial score (nSPS) is 23.8. The van der Waals surface area contributed by atoms with Gasteiger partial charge < -0.3 is 0 Å². The van der Waals surface area contributed by atoms with Crippen LogP contribution in [0, 0.1) is 0 Å². The van der Waals surface area contributed by atoms with E-state index in [1.165, 1.54) is 0 Å². The summed E-state index contributed by atoms with van der Waals surface area (Å²) in [6.07, 6.45) is 1.47. The minimum Gasteiger partial charge on any atom is -0.254 e. The maximum absolute atomic E-state index is 9.18. The molecule has 80 valence electrons. The molecule has 1 unspecified atom stereocenters. The van der Waals surface area contributed by atoms with Crippen LogP contribution in [-0.2, 0) is 10.5 Å². The molecule has 0 radical (unpaired) electrons. The minimum atomic E-state index is -0.717. The SMILES string of the molecule is CCC1=Nc2ccccc2C1(CC)OO. The van der Waals surface area contributed by atoms with Crippen molar-refractivity contribution in [3.8, 4) is 0 Å². The molecule has 0 bridgehead atoms. The van der Waals surface area contributed by atoms with Crippen LogP contribution in [0.2, 0.25) is 0 Å². The van der Waals surface area contributed by atoms with Crippen molar-refractivity contribution in [2.24, 2.45) is 4.99 Å². The Morgan fingerprint density at radius 2 is 2.07 bits per heavy atom. The van der Waals surface area contributed by atoms with Gasteiger partial charge in [-0.05, 0) is 18.9 Å². The third-order valence-corrected chi connectivity index (χ3v) is 3.05. The molecule has 0 aliphatic carbocycles. The molecule has 1 aliphatic heterocycles. The van der Waals surface area contributed by atoms with Gasteiger partial charge in [0.2, 0.25) is 0 Å².